The molecule has 166 valence electrons. The van der Waals surface area contributed by atoms with Crippen molar-refractivity contribution in [3.05, 3.63) is 100 Å². The van der Waals surface area contributed by atoms with Crippen molar-refractivity contribution in [3.63, 3.8) is 0 Å². The highest BCUT2D eigenvalue weighted by molar-refractivity contribution is 7.09. The molecule has 0 radical (unpaired) electrons. The van der Waals surface area contributed by atoms with Gasteiger partial charge in [-0.25, -0.2) is 9.97 Å². The molecule has 2 aromatic carbocycles. The topological polar surface area (TPSA) is 93.2 Å². The summed E-state index contributed by atoms with van der Waals surface area (Å²) >= 11 is 1.45. The maximum Gasteiger partial charge on any atom is 0.256 e. The van der Waals surface area contributed by atoms with Crippen molar-refractivity contribution in [2.45, 2.75) is 20.0 Å². The van der Waals surface area contributed by atoms with Gasteiger partial charge < -0.3 is 15.4 Å². The minimum absolute atomic E-state index is 0.130. The third kappa shape index (κ3) is 6.47. The molecule has 0 fully saturated rings. The molecule has 7 nitrogen and oxygen atoms in total. The fraction of sp³-hybridized carbons (Fsp3) is 0.120. The zero-order valence-electron chi connectivity index (χ0n) is 17.9. The zero-order chi connectivity index (χ0) is 23.0. The molecule has 2 heterocycles. The van der Waals surface area contributed by atoms with E-state index in [9.17, 15) is 9.59 Å². The number of benzene rings is 2. The first kappa shape index (κ1) is 22.2. The van der Waals surface area contributed by atoms with Crippen LogP contribution in [-0.4, -0.2) is 21.8 Å². The highest BCUT2D eigenvalue weighted by Gasteiger charge is 2.11. The van der Waals surface area contributed by atoms with E-state index in [-0.39, 0.29) is 18.2 Å². The van der Waals surface area contributed by atoms with Crippen LogP contribution < -0.4 is 15.4 Å². The van der Waals surface area contributed by atoms with Crippen LogP contribution in [-0.2, 0) is 17.8 Å². The second kappa shape index (κ2) is 10.5. The summed E-state index contributed by atoms with van der Waals surface area (Å²) in [5, 5.41) is 8.19. The van der Waals surface area contributed by atoms with Gasteiger partial charge in [0.15, 0.2) is 0 Å². The van der Waals surface area contributed by atoms with Crippen molar-refractivity contribution in [3.8, 4) is 5.75 Å². The average Bonchev–Trinajstić information content (AvgIpc) is 3.26. The molecule has 0 aliphatic rings. The summed E-state index contributed by atoms with van der Waals surface area (Å²) in [5.41, 5.74) is 2.79. The van der Waals surface area contributed by atoms with Gasteiger partial charge in [0.25, 0.3) is 5.91 Å². The Labute approximate surface area is 195 Å². The summed E-state index contributed by atoms with van der Waals surface area (Å²) in [4.78, 5) is 33.5. The summed E-state index contributed by atoms with van der Waals surface area (Å²) in [7, 11) is 0. The molecule has 4 aromatic rings. The Balaban J connectivity index is 1.30. The van der Waals surface area contributed by atoms with Crippen LogP contribution >= 0.6 is 11.3 Å². The maximum absolute atomic E-state index is 12.5. The quantitative estimate of drug-likeness (QED) is 0.393. The predicted octanol–water partition coefficient (Wildman–Crippen LogP) is 4.86. The second-order valence-electron chi connectivity index (χ2n) is 7.31. The Morgan fingerprint density at radius 2 is 1.85 bits per heavy atom. The van der Waals surface area contributed by atoms with Gasteiger partial charge >= 0.3 is 0 Å². The number of nitrogens with one attached hydrogen (secondary N) is 2. The van der Waals surface area contributed by atoms with E-state index in [2.05, 4.69) is 20.6 Å². The molecule has 4 rings (SSSR count). The molecule has 0 saturated heterocycles. The first-order valence-corrected chi connectivity index (χ1v) is 11.2. The number of aryl methyl sites for hydroxylation is 1. The third-order valence-electron chi connectivity index (χ3n) is 4.64. The highest BCUT2D eigenvalue weighted by atomic mass is 32.1. The van der Waals surface area contributed by atoms with E-state index >= 15 is 0 Å². The second-order valence-corrected chi connectivity index (χ2v) is 8.25. The standard InChI is InChI=1S/C25H22N4O3S/c1-17-8-10-21(11-9-17)32-15-24-28-20(16-33-24)14-23(30)27-19-6-4-5-18(13-19)25(31)29-22-7-2-3-12-26-22/h2-13,16H,14-15H2,1H3,(H,27,30)(H,26,29,31). The van der Waals surface area contributed by atoms with Gasteiger partial charge in [-0.1, -0.05) is 29.8 Å². The molecular weight excluding hydrogens is 436 g/mol. The van der Waals surface area contributed by atoms with Gasteiger partial charge in [0.2, 0.25) is 5.91 Å². The number of carbonyl (C=O) groups is 2. The van der Waals surface area contributed by atoms with E-state index < -0.39 is 0 Å². The number of pyridine rings is 1. The van der Waals surface area contributed by atoms with Crippen LogP contribution in [0, 0.1) is 6.92 Å². The minimum Gasteiger partial charge on any atom is -0.486 e. The van der Waals surface area contributed by atoms with Gasteiger partial charge in [-0.15, -0.1) is 11.3 Å². The number of aromatic nitrogens is 2. The van der Waals surface area contributed by atoms with Crippen molar-refractivity contribution >= 4 is 34.7 Å². The van der Waals surface area contributed by atoms with Gasteiger partial charge in [0.1, 0.15) is 23.2 Å². The van der Waals surface area contributed by atoms with Crippen LogP contribution in [0.3, 0.4) is 0 Å². The van der Waals surface area contributed by atoms with E-state index in [1.807, 2.05) is 36.6 Å². The van der Waals surface area contributed by atoms with E-state index in [1.165, 1.54) is 16.9 Å². The first-order valence-electron chi connectivity index (χ1n) is 10.3. The fourth-order valence-electron chi connectivity index (χ4n) is 3.01. The van der Waals surface area contributed by atoms with E-state index in [4.69, 9.17) is 4.74 Å². The molecule has 0 bridgehead atoms. The molecule has 0 aliphatic heterocycles. The van der Waals surface area contributed by atoms with E-state index in [1.54, 1.807) is 48.7 Å². The summed E-state index contributed by atoms with van der Waals surface area (Å²) in [5.74, 6) is 0.723. The number of hydrogen-bond acceptors (Lipinski definition) is 6. The summed E-state index contributed by atoms with van der Waals surface area (Å²) in [6.45, 7) is 2.37. The Hall–Kier alpha value is -4.04. The van der Waals surface area contributed by atoms with Gasteiger partial charge in [-0.2, -0.15) is 0 Å². The Bertz CT molecular complexity index is 1240. The molecule has 0 saturated carbocycles. The largest absolute Gasteiger partial charge is 0.486 e. The van der Waals surface area contributed by atoms with Crippen molar-refractivity contribution in [2.75, 3.05) is 10.6 Å². The highest BCUT2D eigenvalue weighted by Crippen LogP contribution is 2.17. The lowest BCUT2D eigenvalue weighted by molar-refractivity contribution is -0.115. The average molecular weight is 459 g/mol. The molecule has 2 amide bonds. The first-order chi connectivity index (χ1) is 16.0. The summed E-state index contributed by atoms with van der Waals surface area (Å²) < 4.78 is 5.74. The molecular formula is C25H22N4O3S. The van der Waals surface area contributed by atoms with Crippen LogP contribution in [0.4, 0.5) is 11.5 Å². The summed E-state index contributed by atoms with van der Waals surface area (Å²) in [6.07, 6.45) is 1.73. The SMILES string of the molecule is Cc1ccc(OCc2nc(CC(=O)Nc3cccc(C(=O)Nc4ccccn4)c3)cs2)cc1. The zero-order valence-corrected chi connectivity index (χ0v) is 18.8. The maximum atomic E-state index is 12.5. The van der Waals surface area contributed by atoms with Crippen LogP contribution in [0.1, 0.15) is 26.6 Å². The Morgan fingerprint density at radius 1 is 1.00 bits per heavy atom. The number of rotatable bonds is 8. The lowest BCUT2D eigenvalue weighted by atomic mass is 10.2. The van der Waals surface area contributed by atoms with Gasteiger partial charge in [0, 0.05) is 22.8 Å². The van der Waals surface area contributed by atoms with Crippen LogP contribution in [0.5, 0.6) is 5.75 Å². The molecule has 0 atom stereocenters. The Morgan fingerprint density at radius 3 is 2.64 bits per heavy atom. The number of thiazole rings is 1. The Kier molecular flexibility index (Phi) is 7.06. The van der Waals surface area contributed by atoms with Crippen molar-refractivity contribution in [1.29, 1.82) is 0 Å². The molecule has 0 aliphatic carbocycles. The minimum atomic E-state index is -0.303. The van der Waals surface area contributed by atoms with Crippen molar-refractivity contribution in [2.24, 2.45) is 0 Å². The number of hydrogen-bond donors (Lipinski definition) is 2. The smallest absolute Gasteiger partial charge is 0.256 e. The van der Waals surface area contributed by atoms with Gasteiger partial charge in [0.05, 0.1) is 12.1 Å². The van der Waals surface area contributed by atoms with Gasteiger partial charge in [-0.05, 0) is 49.4 Å². The number of ether oxygens (including phenoxy) is 1. The normalized spacial score (nSPS) is 10.5. The van der Waals surface area contributed by atoms with Gasteiger partial charge in [-0.3, -0.25) is 9.59 Å². The number of amides is 2. The monoisotopic (exact) mass is 458 g/mol. The van der Waals surface area contributed by atoms with Crippen molar-refractivity contribution in [1.82, 2.24) is 9.97 Å². The van der Waals surface area contributed by atoms with Crippen LogP contribution in [0.25, 0.3) is 0 Å². The molecule has 0 unspecified atom stereocenters. The molecule has 33 heavy (non-hydrogen) atoms. The number of anilines is 2. The third-order valence-corrected chi connectivity index (χ3v) is 5.51. The molecule has 0 spiro atoms. The number of carbonyl (C=O) groups excluding carboxylic acids is 2. The fourth-order valence-corrected chi connectivity index (χ4v) is 3.71. The van der Waals surface area contributed by atoms with Crippen molar-refractivity contribution < 1.29 is 14.3 Å². The summed E-state index contributed by atoms with van der Waals surface area (Å²) in [6, 6.07) is 19.8. The number of nitrogens with zero attached hydrogens (tertiary/aromatic N) is 2. The molecule has 2 aromatic heterocycles. The predicted molar refractivity (Wildman–Crippen MR) is 129 cm³/mol. The van der Waals surface area contributed by atoms with E-state index in [0.717, 1.165) is 10.8 Å². The molecule has 8 heteroatoms. The van der Waals surface area contributed by atoms with Crippen LogP contribution in [0.15, 0.2) is 78.3 Å². The molecule has 2 N–H and O–H groups in total. The van der Waals surface area contributed by atoms with Crippen LogP contribution in [0.2, 0.25) is 0 Å². The van der Waals surface area contributed by atoms with E-state index in [0.29, 0.717) is 29.4 Å². The lowest BCUT2D eigenvalue weighted by Crippen LogP contribution is -2.16. The lowest BCUT2D eigenvalue weighted by Gasteiger charge is -2.08.